The second kappa shape index (κ2) is 1.78. The van der Waals surface area contributed by atoms with Gasteiger partial charge in [0.1, 0.15) is 0 Å². The lowest BCUT2D eigenvalue weighted by Gasteiger charge is -2.04. The van der Waals surface area contributed by atoms with Crippen LogP contribution in [-0.2, 0) is 0 Å². The average Bonchev–Trinajstić information content (AvgIpc) is 1.91. The molecular formula is C5H9FN. The van der Waals surface area contributed by atoms with Gasteiger partial charge in [-0.05, 0) is 19.8 Å². The highest BCUT2D eigenvalue weighted by molar-refractivity contribution is 4.85. The molecule has 0 spiro atoms. The molecule has 0 aliphatic carbocycles. The monoisotopic (exact) mass is 102 g/mol. The summed E-state index contributed by atoms with van der Waals surface area (Å²) in [5.41, 5.74) is 0. The molecule has 0 aromatic rings. The van der Waals surface area contributed by atoms with E-state index in [0.29, 0.717) is 6.54 Å². The van der Waals surface area contributed by atoms with Gasteiger partial charge in [-0.25, -0.2) is 0 Å². The van der Waals surface area contributed by atoms with Crippen LogP contribution in [0.1, 0.15) is 19.8 Å². The first kappa shape index (κ1) is 5.04. The molecule has 0 saturated carbocycles. The van der Waals surface area contributed by atoms with Gasteiger partial charge in [0.05, 0.1) is 6.04 Å². The van der Waals surface area contributed by atoms with Crippen LogP contribution in [0.5, 0.6) is 0 Å². The van der Waals surface area contributed by atoms with Crippen molar-refractivity contribution in [3.63, 3.8) is 0 Å². The van der Waals surface area contributed by atoms with Crippen LogP contribution in [0.15, 0.2) is 0 Å². The van der Waals surface area contributed by atoms with Crippen molar-refractivity contribution in [2.24, 2.45) is 0 Å². The van der Waals surface area contributed by atoms with Crippen molar-refractivity contribution >= 4 is 0 Å². The van der Waals surface area contributed by atoms with Gasteiger partial charge in [0.15, 0.2) is 0 Å². The van der Waals surface area contributed by atoms with Crippen molar-refractivity contribution in [3.05, 3.63) is 6.04 Å². The highest BCUT2D eigenvalue weighted by Gasteiger charge is 2.19. The predicted molar refractivity (Wildman–Crippen MR) is 26.0 cm³/mol. The molecule has 0 bridgehead atoms. The number of hydrogen-bond donors (Lipinski definition) is 0. The first-order valence-electron chi connectivity index (χ1n) is 2.56. The third-order valence-corrected chi connectivity index (χ3v) is 1.31. The molecule has 1 rings (SSSR count). The predicted octanol–water partition coefficient (Wildman–Crippen LogP) is 1.52. The maximum atomic E-state index is 12.1. The van der Waals surface area contributed by atoms with E-state index in [1.807, 2.05) is 6.92 Å². The van der Waals surface area contributed by atoms with Gasteiger partial charge < -0.3 is 0 Å². The zero-order chi connectivity index (χ0) is 5.28. The molecule has 7 heavy (non-hydrogen) atoms. The van der Waals surface area contributed by atoms with E-state index in [-0.39, 0.29) is 0 Å². The van der Waals surface area contributed by atoms with Crippen LogP contribution < -0.4 is 0 Å². The van der Waals surface area contributed by atoms with E-state index in [1.165, 1.54) is 0 Å². The van der Waals surface area contributed by atoms with Crippen molar-refractivity contribution < 1.29 is 4.48 Å². The Kier molecular flexibility index (Phi) is 1.28. The lowest BCUT2D eigenvalue weighted by molar-refractivity contribution is 0.0633. The summed E-state index contributed by atoms with van der Waals surface area (Å²) in [6, 6.07) is 0.875. The Morgan fingerprint density at radius 3 is 2.57 bits per heavy atom. The largest absolute Gasteiger partial charge is 0.139 e. The highest BCUT2D eigenvalue weighted by Crippen LogP contribution is 2.22. The second-order valence-electron chi connectivity index (χ2n) is 1.92. The van der Waals surface area contributed by atoms with Crippen LogP contribution in [0.2, 0.25) is 0 Å². The van der Waals surface area contributed by atoms with Crippen LogP contribution in [-0.4, -0.2) is 11.7 Å². The summed E-state index contributed by atoms with van der Waals surface area (Å²) in [4.78, 5) is 0. The quantitative estimate of drug-likeness (QED) is 0.419. The molecular weight excluding hydrogens is 93.1 g/mol. The van der Waals surface area contributed by atoms with Crippen LogP contribution in [0.4, 0.5) is 4.48 Å². The molecule has 2 heteroatoms. The molecule has 0 unspecified atom stereocenters. The molecule has 1 aliphatic rings. The van der Waals surface area contributed by atoms with Gasteiger partial charge in [-0.1, -0.05) is 0 Å². The number of halogens is 1. The molecule has 1 saturated heterocycles. The first-order valence-corrected chi connectivity index (χ1v) is 2.56. The molecule has 1 fully saturated rings. The van der Waals surface area contributed by atoms with E-state index in [4.69, 9.17) is 0 Å². The van der Waals surface area contributed by atoms with Crippen LogP contribution in [0.25, 0.3) is 0 Å². The molecule has 0 N–H and O–H groups in total. The Hall–Kier alpha value is -0.110. The molecule has 1 nitrogen and oxygen atoms in total. The summed E-state index contributed by atoms with van der Waals surface area (Å²) in [5, 5.41) is 0.819. The fraction of sp³-hybridized carbons (Fsp3) is 0.800. The normalized spacial score (nSPS) is 26.6. The Labute approximate surface area is 43.1 Å². The molecule has 1 radical (unpaired) electrons. The zero-order valence-electron chi connectivity index (χ0n) is 4.45. The Bertz CT molecular complexity index is 57.1. The summed E-state index contributed by atoms with van der Waals surface area (Å²) in [7, 11) is 0. The average molecular weight is 102 g/mol. The van der Waals surface area contributed by atoms with Crippen LogP contribution in [0, 0.1) is 6.04 Å². The van der Waals surface area contributed by atoms with E-state index in [2.05, 4.69) is 0 Å². The molecule has 41 valence electrons. The summed E-state index contributed by atoms with van der Waals surface area (Å²) in [6.45, 7) is 2.43. The van der Waals surface area contributed by atoms with Crippen molar-refractivity contribution in [2.75, 3.05) is 6.54 Å². The lowest BCUT2D eigenvalue weighted by Crippen LogP contribution is -2.08. The Morgan fingerprint density at radius 2 is 2.43 bits per heavy atom. The number of hydrogen-bond acceptors (Lipinski definition) is 1. The topological polar surface area (TPSA) is 3.24 Å². The van der Waals surface area contributed by atoms with Gasteiger partial charge in [-0.2, -0.15) is 0 Å². The van der Waals surface area contributed by atoms with E-state index < -0.39 is 0 Å². The van der Waals surface area contributed by atoms with E-state index >= 15 is 0 Å². The van der Waals surface area contributed by atoms with E-state index in [0.717, 1.165) is 24.0 Å². The standard InChI is InChI=1S/C5H9FN/c1-5-3-2-4-7(5)6/h2-4H2,1H3. The van der Waals surface area contributed by atoms with Gasteiger partial charge in [0.2, 0.25) is 0 Å². The highest BCUT2D eigenvalue weighted by atomic mass is 19.2. The van der Waals surface area contributed by atoms with Crippen molar-refractivity contribution in [1.82, 2.24) is 5.12 Å². The maximum Gasteiger partial charge on any atom is 0.0691 e. The minimum absolute atomic E-state index is 0.603. The van der Waals surface area contributed by atoms with Gasteiger partial charge in [-0.15, -0.1) is 9.60 Å². The molecule has 0 aromatic heterocycles. The van der Waals surface area contributed by atoms with E-state index in [1.54, 1.807) is 0 Å². The summed E-state index contributed by atoms with van der Waals surface area (Å²) < 4.78 is 12.1. The summed E-state index contributed by atoms with van der Waals surface area (Å²) in [5.74, 6) is 0. The number of nitrogens with zero attached hydrogens (tertiary/aromatic N) is 1. The fourth-order valence-electron chi connectivity index (χ4n) is 0.786. The molecule has 1 heterocycles. The van der Waals surface area contributed by atoms with Crippen molar-refractivity contribution in [2.45, 2.75) is 19.8 Å². The van der Waals surface area contributed by atoms with Gasteiger partial charge in [-0.3, -0.25) is 0 Å². The smallest absolute Gasteiger partial charge is 0.0691 e. The third-order valence-electron chi connectivity index (χ3n) is 1.31. The molecule has 0 atom stereocenters. The van der Waals surface area contributed by atoms with Gasteiger partial charge in [0, 0.05) is 6.54 Å². The zero-order valence-corrected chi connectivity index (χ0v) is 4.45. The SMILES string of the molecule is C[C]1CCCN1F. The van der Waals surface area contributed by atoms with Crippen molar-refractivity contribution in [3.8, 4) is 0 Å². The minimum atomic E-state index is 0.603. The van der Waals surface area contributed by atoms with E-state index in [9.17, 15) is 4.48 Å². The Morgan fingerprint density at radius 1 is 1.71 bits per heavy atom. The first-order chi connectivity index (χ1) is 3.30. The maximum absolute atomic E-state index is 12.1. The van der Waals surface area contributed by atoms with Crippen molar-refractivity contribution in [1.29, 1.82) is 0 Å². The number of rotatable bonds is 0. The second-order valence-corrected chi connectivity index (χ2v) is 1.92. The lowest BCUT2D eigenvalue weighted by atomic mass is 10.3. The minimum Gasteiger partial charge on any atom is -0.139 e. The van der Waals surface area contributed by atoms with Crippen LogP contribution in [0.3, 0.4) is 0 Å². The molecule has 0 amide bonds. The van der Waals surface area contributed by atoms with Crippen LogP contribution >= 0.6 is 0 Å². The fourth-order valence-corrected chi connectivity index (χ4v) is 0.786. The molecule has 1 aliphatic heterocycles. The van der Waals surface area contributed by atoms with Gasteiger partial charge >= 0.3 is 0 Å². The molecule has 0 aromatic carbocycles. The summed E-state index contributed by atoms with van der Waals surface area (Å²) >= 11 is 0. The Balaban J connectivity index is 2.33. The van der Waals surface area contributed by atoms with Gasteiger partial charge in [0.25, 0.3) is 0 Å². The third kappa shape index (κ3) is 0.911. The summed E-state index contributed by atoms with van der Waals surface area (Å²) in [6.07, 6.45) is 1.93.